The maximum Gasteiger partial charge on any atom is 0.254 e. The Morgan fingerprint density at radius 1 is 1.12 bits per heavy atom. The highest BCUT2D eigenvalue weighted by Crippen LogP contribution is 2.24. The minimum atomic E-state index is -3.50. The van der Waals surface area contributed by atoms with E-state index in [9.17, 15) is 17.6 Å². The predicted octanol–water partition coefficient (Wildman–Crippen LogP) is 3.80. The summed E-state index contributed by atoms with van der Waals surface area (Å²) in [5, 5.41) is 7.92. The van der Waals surface area contributed by atoms with Crippen LogP contribution in [0, 0.1) is 5.82 Å². The molecule has 8 nitrogen and oxygen atoms in total. The zero-order chi connectivity index (χ0) is 24.5. The fraction of sp³-hybridized carbons (Fsp3) is 0.250. The number of hydrogen-bond acceptors (Lipinski definition) is 6. The van der Waals surface area contributed by atoms with Crippen LogP contribution in [0.1, 0.15) is 47.9 Å². The number of halogens is 1. The molecule has 4 rings (SSSR count). The summed E-state index contributed by atoms with van der Waals surface area (Å²) in [5.74, 6) is -0.718. The van der Waals surface area contributed by atoms with Crippen molar-refractivity contribution in [1.29, 1.82) is 0 Å². The lowest BCUT2D eigenvalue weighted by atomic mass is 10.0. The minimum Gasteiger partial charge on any atom is -0.345 e. The molecule has 0 bridgehead atoms. The Morgan fingerprint density at radius 2 is 1.85 bits per heavy atom. The Hall–Kier alpha value is -3.66. The van der Waals surface area contributed by atoms with Gasteiger partial charge in [-0.3, -0.25) is 9.78 Å². The number of carbonyl (C=O) groups excluding carboxylic acids is 1. The van der Waals surface area contributed by atoms with Crippen molar-refractivity contribution in [2.45, 2.75) is 37.8 Å². The van der Waals surface area contributed by atoms with Gasteiger partial charge in [0, 0.05) is 23.5 Å². The molecule has 4 aromatic rings. The fourth-order valence-corrected chi connectivity index (χ4v) is 4.36. The van der Waals surface area contributed by atoms with Crippen LogP contribution in [0.3, 0.4) is 0 Å². The van der Waals surface area contributed by atoms with Crippen LogP contribution in [0.25, 0.3) is 16.6 Å². The van der Waals surface area contributed by atoms with E-state index in [4.69, 9.17) is 0 Å². The Bertz CT molecular complexity index is 1470. The molecule has 34 heavy (non-hydrogen) atoms. The van der Waals surface area contributed by atoms with Crippen molar-refractivity contribution in [2.75, 3.05) is 6.26 Å². The lowest BCUT2D eigenvalue weighted by molar-refractivity contribution is 0.0937. The number of aromatic nitrogens is 4. The zero-order valence-electron chi connectivity index (χ0n) is 19.0. The van der Waals surface area contributed by atoms with Crippen LogP contribution >= 0.6 is 0 Å². The van der Waals surface area contributed by atoms with Gasteiger partial charge in [0.1, 0.15) is 5.82 Å². The number of carbonyl (C=O) groups is 1. The van der Waals surface area contributed by atoms with Gasteiger partial charge < -0.3 is 5.32 Å². The van der Waals surface area contributed by atoms with Gasteiger partial charge in [-0.1, -0.05) is 13.8 Å². The number of nitrogens with one attached hydrogen (secondary N) is 1. The Kier molecular flexibility index (Phi) is 6.43. The van der Waals surface area contributed by atoms with Crippen molar-refractivity contribution in [2.24, 2.45) is 0 Å². The molecule has 3 aromatic heterocycles. The van der Waals surface area contributed by atoms with Gasteiger partial charge in [0.25, 0.3) is 5.91 Å². The largest absolute Gasteiger partial charge is 0.345 e. The molecular weight excluding hydrogens is 457 g/mol. The summed E-state index contributed by atoms with van der Waals surface area (Å²) >= 11 is 0. The molecule has 0 fully saturated rings. The third-order valence-corrected chi connectivity index (χ3v) is 6.52. The number of benzene rings is 1. The molecule has 0 spiro atoms. The normalized spacial score (nSPS) is 12.6. The highest BCUT2D eigenvalue weighted by atomic mass is 32.2. The highest BCUT2D eigenvalue weighted by molar-refractivity contribution is 7.90. The summed E-state index contributed by atoms with van der Waals surface area (Å²) in [7, 11) is -3.50. The van der Waals surface area contributed by atoms with Crippen LogP contribution in [-0.2, 0) is 16.3 Å². The SMILES string of the molecule is CCc1cc([C@H](CC)NC(=O)c2cncc3c2cnn3-c2ccc(F)cc2)cc(S(C)(=O)=O)n1. The molecule has 1 aromatic carbocycles. The van der Waals surface area contributed by atoms with Gasteiger partial charge in [-0.15, -0.1) is 0 Å². The Balaban J connectivity index is 1.68. The van der Waals surface area contributed by atoms with Crippen LogP contribution in [0.4, 0.5) is 4.39 Å². The number of aryl methyl sites for hydroxylation is 1. The van der Waals surface area contributed by atoms with Gasteiger partial charge in [0.15, 0.2) is 14.9 Å². The van der Waals surface area contributed by atoms with E-state index in [-0.39, 0.29) is 16.8 Å². The van der Waals surface area contributed by atoms with Crippen molar-refractivity contribution in [3.05, 3.63) is 77.6 Å². The average Bonchev–Trinajstić information content (AvgIpc) is 3.26. The molecule has 1 atom stereocenters. The molecule has 0 aliphatic carbocycles. The number of fused-ring (bicyclic) bond motifs is 1. The molecule has 0 aliphatic rings. The smallest absolute Gasteiger partial charge is 0.254 e. The topological polar surface area (TPSA) is 107 Å². The molecular formula is C24H24FN5O3S. The lowest BCUT2D eigenvalue weighted by Crippen LogP contribution is -2.28. The molecule has 10 heteroatoms. The number of rotatable bonds is 7. The van der Waals surface area contributed by atoms with E-state index >= 15 is 0 Å². The fourth-order valence-electron chi connectivity index (χ4n) is 3.72. The summed E-state index contributed by atoms with van der Waals surface area (Å²) < 4.78 is 39.1. The first-order valence-corrected chi connectivity index (χ1v) is 12.7. The van der Waals surface area contributed by atoms with Crippen molar-refractivity contribution in [1.82, 2.24) is 25.1 Å². The van der Waals surface area contributed by atoms with E-state index in [2.05, 4.69) is 20.4 Å². The highest BCUT2D eigenvalue weighted by Gasteiger charge is 2.21. The van der Waals surface area contributed by atoms with Crippen LogP contribution in [-0.4, -0.2) is 40.3 Å². The third kappa shape index (κ3) is 4.67. The average molecular weight is 482 g/mol. The Labute approximate surface area is 196 Å². The first-order valence-electron chi connectivity index (χ1n) is 10.8. The minimum absolute atomic E-state index is 0.0149. The summed E-state index contributed by atoms with van der Waals surface area (Å²) in [5.41, 5.74) is 2.88. The van der Waals surface area contributed by atoms with Gasteiger partial charge in [-0.2, -0.15) is 5.10 Å². The summed E-state index contributed by atoms with van der Waals surface area (Å²) in [6.45, 7) is 3.80. The molecule has 1 amide bonds. The second-order valence-electron chi connectivity index (χ2n) is 7.94. The molecule has 0 radical (unpaired) electrons. The van der Waals surface area contributed by atoms with Gasteiger partial charge in [-0.05, 0) is 54.8 Å². The first kappa shape index (κ1) is 23.5. The van der Waals surface area contributed by atoms with Crippen molar-refractivity contribution in [3.8, 4) is 5.69 Å². The maximum absolute atomic E-state index is 13.3. The standard InChI is InChI=1S/C24H24FN5O3S/c1-4-17-10-15(11-23(28-17)34(3,32)33)21(5-2)29-24(31)20-12-26-14-22-19(20)13-27-30(22)18-8-6-16(25)7-9-18/h6-14,21H,4-5H2,1-3H3,(H,29,31)/t21-/m0/s1. The number of nitrogens with zero attached hydrogens (tertiary/aromatic N) is 4. The van der Waals surface area contributed by atoms with Gasteiger partial charge >= 0.3 is 0 Å². The summed E-state index contributed by atoms with van der Waals surface area (Å²) in [6.07, 6.45) is 6.84. The molecule has 0 saturated carbocycles. The van der Waals surface area contributed by atoms with Crippen molar-refractivity contribution in [3.63, 3.8) is 0 Å². The van der Waals surface area contributed by atoms with Crippen LogP contribution in [0.15, 0.2) is 60.0 Å². The molecule has 3 heterocycles. The monoisotopic (exact) mass is 481 g/mol. The van der Waals surface area contributed by atoms with E-state index in [1.165, 1.54) is 24.4 Å². The van der Waals surface area contributed by atoms with Crippen LogP contribution < -0.4 is 5.32 Å². The maximum atomic E-state index is 13.3. The van der Waals surface area contributed by atoms with Gasteiger partial charge in [-0.25, -0.2) is 22.5 Å². The van der Waals surface area contributed by atoms with E-state index in [1.807, 2.05) is 19.9 Å². The quantitative estimate of drug-likeness (QED) is 0.430. The van der Waals surface area contributed by atoms with E-state index in [0.717, 1.165) is 6.26 Å². The van der Waals surface area contributed by atoms with Crippen molar-refractivity contribution >= 4 is 26.6 Å². The third-order valence-electron chi connectivity index (χ3n) is 5.55. The number of pyridine rings is 2. The Morgan fingerprint density at radius 3 is 2.50 bits per heavy atom. The van der Waals surface area contributed by atoms with E-state index in [1.54, 1.807) is 29.2 Å². The second kappa shape index (κ2) is 9.30. The lowest BCUT2D eigenvalue weighted by Gasteiger charge is -2.19. The van der Waals surface area contributed by atoms with Gasteiger partial charge in [0.2, 0.25) is 0 Å². The predicted molar refractivity (Wildman–Crippen MR) is 126 cm³/mol. The number of amides is 1. The number of hydrogen-bond donors (Lipinski definition) is 1. The number of sulfone groups is 1. The second-order valence-corrected chi connectivity index (χ2v) is 9.91. The molecule has 1 N–H and O–H groups in total. The van der Waals surface area contributed by atoms with E-state index in [0.29, 0.717) is 46.3 Å². The van der Waals surface area contributed by atoms with Crippen molar-refractivity contribution < 1.29 is 17.6 Å². The molecule has 0 saturated heterocycles. The first-order chi connectivity index (χ1) is 16.2. The van der Waals surface area contributed by atoms with Crippen LogP contribution in [0.5, 0.6) is 0 Å². The summed E-state index contributed by atoms with van der Waals surface area (Å²) in [6, 6.07) is 8.75. The van der Waals surface area contributed by atoms with Crippen LogP contribution in [0.2, 0.25) is 0 Å². The van der Waals surface area contributed by atoms with Gasteiger partial charge in [0.05, 0.1) is 35.2 Å². The molecule has 176 valence electrons. The summed E-state index contributed by atoms with van der Waals surface area (Å²) in [4.78, 5) is 21.7. The molecule has 0 aliphatic heterocycles. The molecule has 0 unspecified atom stereocenters. The van der Waals surface area contributed by atoms with E-state index < -0.39 is 15.9 Å². The zero-order valence-corrected chi connectivity index (χ0v) is 19.8.